The molecule has 0 fully saturated rings. The quantitative estimate of drug-likeness (QED) is 0.772. The molecule has 0 aliphatic rings. The molecular weight excluding hydrogens is 381 g/mol. The zero-order valence-electron chi connectivity index (χ0n) is 9.93. The molecule has 18 heavy (non-hydrogen) atoms. The van der Waals surface area contributed by atoms with Crippen molar-refractivity contribution in [2.24, 2.45) is 0 Å². The van der Waals surface area contributed by atoms with Crippen LogP contribution in [0.2, 0.25) is 0 Å². The molecule has 5 heteroatoms. The van der Waals surface area contributed by atoms with Crippen molar-refractivity contribution in [2.45, 2.75) is 13.0 Å². The second-order valence-electron chi connectivity index (χ2n) is 4.00. The van der Waals surface area contributed by atoms with Crippen molar-refractivity contribution in [2.75, 3.05) is 7.05 Å². The van der Waals surface area contributed by atoms with E-state index in [-0.39, 0.29) is 11.9 Å². The van der Waals surface area contributed by atoms with Crippen LogP contribution in [0.5, 0.6) is 0 Å². The van der Waals surface area contributed by atoms with Crippen LogP contribution in [0, 0.1) is 12.7 Å². The molecule has 1 aromatic carbocycles. The standard InChI is InChI=1S/C13H12Br2FNS/c1-7-5-11(18-13(7)15)12(17-2)8-3-4-9(14)10(16)6-8/h3-6,12,17H,1-2H3. The van der Waals surface area contributed by atoms with Crippen LogP contribution in [-0.2, 0) is 0 Å². The smallest absolute Gasteiger partial charge is 0.137 e. The Hall–Kier alpha value is -0.230. The number of nitrogens with one attached hydrogen (secondary N) is 1. The van der Waals surface area contributed by atoms with Crippen molar-refractivity contribution >= 4 is 43.2 Å². The van der Waals surface area contributed by atoms with Crippen molar-refractivity contribution in [3.8, 4) is 0 Å². The van der Waals surface area contributed by atoms with E-state index in [0.717, 1.165) is 9.35 Å². The molecule has 2 rings (SSSR count). The largest absolute Gasteiger partial charge is 0.309 e. The number of rotatable bonds is 3. The summed E-state index contributed by atoms with van der Waals surface area (Å²) >= 11 is 8.37. The van der Waals surface area contributed by atoms with Gasteiger partial charge in [-0.25, -0.2) is 4.39 Å². The Morgan fingerprint density at radius 3 is 2.50 bits per heavy atom. The molecule has 1 unspecified atom stereocenters. The lowest BCUT2D eigenvalue weighted by molar-refractivity contribution is 0.611. The zero-order valence-corrected chi connectivity index (χ0v) is 13.9. The minimum atomic E-state index is -0.236. The molecule has 1 heterocycles. The summed E-state index contributed by atoms with van der Waals surface area (Å²) < 4.78 is 15.2. The van der Waals surface area contributed by atoms with Gasteiger partial charge in [0.1, 0.15) is 5.82 Å². The highest BCUT2D eigenvalue weighted by molar-refractivity contribution is 9.11. The number of aryl methyl sites for hydroxylation is 1. The average Bonchev–Trinajstić information content (AvgIpc) is 2.65. The number of hydrogen-bond acceptors (Lipinski definition) is 2. The van der Waals surface area contributed by atoms with E-state index >= 15 is 0 Å². The average molecular weight is 393 g/mol. The lowest BCUT2D eigenvalue weighted by Crippen LogP contribution is -2.16. The molecule has 0 amide bonds. The SMILES string of the molecule is CNC(c1ccc(Br)c(F)c1)c1cc(C)c(Br)s1. The lowest BCUT2D eigenvalue weighted by Gasteiger charge is -2.15. The molecule has 0 saturated carbocycles. The summed E-state index contributed by atoms with van der Waals surface area (Å²) in [6.45, 7) is 2.05. The first-order valence-electron chi connectivity index (χ1n) is 5.41. The molecule has 1 N–H and O–H groups in total. The number of benzene rings is 1. The van der Waals surface area contributed by atoms with E-state index in [9.17, 15) is 4.39 Å². The van der Waals surface area contributed by atoms with Crippen molar-refractivity contribution in [1.82, 2.24) is 5.32 Å². The molecule has 1 atom stereocenters. The predicted molar refractivity (Wildman–Crippen MR) is 81.8 cm³/mol. The second kappa shape index (κ2) is 5.82. The van der Waals surface area contributed by atoms with Gasteiger partial charge in [0.2, 0.25) is 0 Å². The number of hydrogen-bond donors (Lipinski definition) is 1. The van der Waals surface area contributed by atoms with E-state index in [2.05, 4.69) is 50.2 Å². The van der Waals surface area contributed by atoms with E-state index in [1.165, 1.54) is 10.4 Å². The van der Waals surface area contributed by atoms with Gasteiger partial charge in [-0.05, 0) is 75.2 Å². The minimum Gasteiger partial charge on any atom is -0.309 e. The van der Waals surface area contributed by atoms with E-state index in [1.54, 1.807) is 23.5 Å². The summed E-state index contributed by atoms with van der Waals surface area (Å²) in [5, 5.41) is 3.23. The van der Waals surface area contributed by atoms with Crippen LogP contribution in [0.1, 0.15) is 22.0 Å². The maximum Gasteiger partial charge on any atom is 0.137 e. The van der Waals surface area contributed by atoms with Gasteiger partial charge in [0.25, 0.3) is 0 Å². The van der Waals surface area contributed by atoms with E-state index < -0.39 is 0 Å². The summed E-state index contributed by atoms with van der Waals surface area (Å²) in [6, 6.07) is 7.37. The first-order chi connectivity index (χ1) is 8.52. The Balaban J connectivity index is 2.41. The minimum absolute atomic E-state index is 0.0163. The molecule has 96 valence electrons. The first-order valence-corrected chi connectivity index (χ1v) is 7.81. The Morgan fingerprint density at radius 1 is 1.28 bits per heavy atom. The normalized spacial score (nSPS) is 12.7. The highest BCUT2D eigenvalue weighted by Crippen LogP contribution is 2.34. The Morgan fingerprint density at radius 2 is 2.00 bits per heavy atom. The van der Waals surface area contributed by atoms with Gasteiger partial charge in [0, 0.05) is 4.88 Å². The van der Waals surface area contributed by atoms with Gasteiger partial charge < -0.3 is 5.32 Å². The molecule has 0 spiro atoms. The first kappa shape index (κ1) is 14.2. The van der Waals surface area contributed by atoms with Crippen molar-refractivity contribution in [3.63, 3.8) is 0 Å². The fourth-order valence-electron chi connectivity index (χ4n) is 1.79. The molecule has 0 bridgehead atoms. The number of thiophene rings is 1. The van der Waals surface area contributed by atoms with Crippen LogP contribution >= 0.6 is 43.2 Å². The van der Waals surface area contributed by atoms with Gasteiger partial charge >= 0.3 is 0 Å². The van der Waals surface area contributed by atoms with Crippen molar-refractivity contribution in [1.29, 1.82) is 0 Å². The van der Waals surface area contributed by atoms with Crippen LogP contribution < -0.4 is 5.32 Å². The summed E-state index contributed by atoms with van der Waals surface area (Å²) in [7, 11) is 1.88. The molecule has 1 nitrogen and oxygen atoms in total. The fraction of sp³-hybridized carbons (Fsp3) is 0.231. The molecule has 0 aliphatic carbocycles. The molecule has 0 saturated heterocycles. The molecule has 0 radical (unpaired) electrons. The van der Waals surface area contributed by atoms with Crippen molar-refractivity contribution < 1.29 is 4.39 Å². The van der Waals surface area contributed by atoms with Gasteiger partial charge in [0.15, 0.2) is 0 Å². The monoisotopic (exact) mass is 391 g/mol. The van der Waals surface area contributed by atoms with Crippen LogP contribution in [0.15, 0.2) is 32.5 Å². The zero-order chi connectivity index (χ0) is 13.3. The topological polar surface area (TPSA) is 12.0 Å². The van der Waals surface area contributed by atoms with Crippen LogP contribution in [0.25, 0.3) is 0 Å². The third kappa shape index (κ3) is 2.85. The van der Waals surface area contributed by atoms with Gasteiger partial charge in [-0.15, -0.1) is 11.3 Å². The number of halogens is 3. The summed E-state index contributed by atoms with van der Waals surface area (Å²) in [5.74, 6) is -0.236. The van der Waals surface area contributed by atoms with E-state index in [1.807, 2.05) is 13.1 Å². The van der Waals surface area contributed by atoms with Gasteiger partial charge in [-0.1, -0.05) is 6.07 Å². The summed E-state index contributed by atoms with van der Waals surface area (Å²) in [6.07, 6.45) is 0. The lowest BCUT2D eigenvalue weighted by atomic mass is 10.1. The second-order valence-corrected chi connectivity index (χ2v) is 7.26. The Labute approximate surface area is 127 Å². The molecule has 1 aromatic heterocycles. The van der Waals surface area contributed by atoms with E-state index in [4.69, 9.17) is 0 Å². The maximum absolute atomic E-state index is 13.6. The predicted octanol–water partition coefficient (Wildman–Crippen LogP) is 5.03. The Bertz CT molecular complexity index is 549. The maximum atomic E-state index is 13.6. The molecule has 2 aromatic rings. The fourth-order valence-corrected chi connectivity index (χ4v) is 3.75. The molecule has 0 aliphatic heterocycles. The van der Waals surface area contributed by atoms with Crippen LogP contribution in [0.4, 0.5) is 4.39 Å². The van der Waals surface area contributed by atoms with Crippen molar-refractivity contribution in [3.05, 3.63) is 54.3 Å². The van der Waals surface area contributed by atoms with Gasteiger partial charge in [-0.3, -0.25) is 0 Å². The summed E-state index contributed by atoms with van der Waals surface area (Å²) in [5.41, 5.74) is 2.12. The third-order valence-electron chi connectivity index (χ3n) is 2.73. The highest BCUT2D eigenvalue weighted by Gasteiger charge is 2.16. The van der Waals surface area contributed by atoms with Gasteiger partial charge in [0.05, 0.1) is 14.3 Å². The summed E-state index contributed by atoms with van der Waals surface area (Å²) in [4.78, 5) is 1.17. The third-order valence-corrected chi connectivity index (χ3v) is 5.57. The van der Waals surface area contributed by atoms with Crippen LogP contribution in [0.3, 0.4) is 0 Å². The Kier molecular flexibility index (Phi) is 4.59. The highest BCUT2D eigenvalue weighted by atomic mass is 79.9. The van der Waals surface area contributed by atoms with Gasteiger partial charge in [-0.2, -0.15) is 0 Å². The van der Waals surface area contributed by atoms with Crippen LogP contribution in [-0.4, -0.2) is 7.05 Å². The molecular formula is C13H12Br2FNS. The van der Waals surface area contributed by atoms with E-state index in [0.29, 0.717) is 4.47 Å².